The van der Waals surface area contributed by atoms with Crippen molar-refractivity contribution in [2.75, 3.05) is 13.1 Å². The highest BCUT2D eigenvalue weighted by Gasteiger charge is 2.26. The molecule has 0 fully saturated rings. The average Bonchev–Trinajstić information content (AvgIpc) is 3.13. The van der Waals surface area contributed by atoms with Crippen LogP contribution in [0.3, 0.4) is 0 Å². The van der Waals surface area contributed by atoms with Gasteiger partial charge in [-0.25, -0.2) is 4.39 Å². The molecule has 0 aliphatic rings. The number of carbonyl (C=O) groups is 2. The maximum Gasteiger partial charge on any atom is 0.242 e. The lowest BCUT2D eigenvalue weighted by molar-refractivity contribution is -0.142. The van der Waals surface area contributed by atoms with Crippen molar-refractivity contribution in [2.45, 2.75) is 54.1 Å². The first-order valence-corrected chi connectivity index (χ1v) is 11.2. The van der Waals surface area contributed by atoms with Gasteiger partial charge < -0.3 is 9.80 Å². The van der Waals surface area contributed by atoms with Gasteiger partial charge in [0.25, 0.3) is 0 Å². The van der Waals surface area contributed by atoms with Crippen molar-refractivity contribution in [1.82, 2.24) is 9.80 Å². The summed E-state index contributed by atoms with van der Waals surface area (Å²) >= 11 is 1.59. The molecule has 4 nitrogen and oxygen atoms in total. The third kappa shape index (κ3) is 8.27. The fraction of sp³-hybridized carbons (Fsp3) is 0.500. The first kappa shape index (κ1) is 24.1. The molecule has 0 spiro atoms. The Morgan fingerprint density at radius 3 is 2.20 bits per heavy atom. The van der Waals surface area contributed by atoms with Gasteiger partial charge in [-0.05, 0) is 40.5 Å². The fourth-order valence-electron chi connectivity index (χ4n) is 3.16. The molecule has 0 N–H and O–H groups in total. The number of benzene rings is 1. The van der Waals surface area contributed by atoms with Gasteiger partial charge in [-0.3, -0.25) is 9.59 Å². The van der Waals surface area contributed by atoms with E-state index in [0.717, 1.165) is 10.4 Å². The summed E-state index contributed by atoms with van der Waals surface area (Å²) in [6.07, 6.45) is 0.399. The van der Waals surface area contributed by atoms with Crippen LogP contribution in [0.2, 0.25) is 0 Å². The topological polar surface area (TPSA) is 40.6 Å². The Bertz CT molecular complexity index is 811. The maximum atomic E-state index is 13.3. The highest BCUT2D eigenvalue weighted by atomic mass is 32.1. The number of hydrogen-bond acceptors (Lipinski definition) is 3. The molecular weight excluding hydrogens is 399 g/mol. The lowest BCUT2D eigenvalue weighted by Gasteiger charge is -2.30. The molecule has 0 radical (unpaired) electrons. The number of amides is 2. The molecule has 0 saturated heterocycles. The Morgan fingerprint density at radius 2 is 1.67 bits per heavy atom. The summed E-state index contributed by atoms with van der Waals surface area (Å²) in [5.74, 6) is -0.131. The zero-order valence-electron chi connectivity index (χ0n) is 18.7. The van der Waals surface area contributed by atoms with E-state index < -0.39 is 0 Å². The van der Waals surface area contributed by atoms with Crippen LogP contribution in [0.25, 0.3) is 0 Å². The summed E-state index contributed by atoms with van der Waals surface area (Å²) < 4.78 is 13.3. The summed E-state index contributed by atoms with van der Waals surface area (Å²) in [5, 5.41) is 1.98. The first-order valence-electron chi connectivity index (χ1n) is 10.4. The van der Waals surface area contributed by atoms with Gasteiger partial charge >= 0.3 is 0 Å². The number of hydrogen-bond donors (Lipinski definition) is 0. The van der Waals surface area contributed by atoms with Crippen LogP contribution in [0.1, 0.15) is 51.5 Å². The van der Waals surface area contributed by atoms with Gasteiger partial charge in [-0.2, -0.15) is 0 Å². The third-order valence-electron chi connectivity index (χ3n) is 4.51. The van der Waals surface area contributed by atoms with E-state index in [0.29, 0.717) is 26.1 Å². The zero-order chi connectivity index (χ0) is 22.3. The fourth-order valence-corrected chi connectivity index (χ4v) is 3.88. The molecular formula is C24H33FN2O2S. The Balaban J connectivity index is 2.18. The summed E-state index contributed by atoms with van der Waals surface area (Å²) in [7, 11) is 0. The smallest absolute Gasteiger partial charge is 0.242 e. The Morgan fingerprint density at radius 1 is 1.00 bits per heavy atom. The number of carbonyl (C=O) groups excluding carboxylic acids is 2. The first-order chi connectivity index (χ1) is 14.0. The molecule has 1 aromatic heterocycles. The van der Waals surface area contributed by atoms with Crippen LogP contribution in [-0.2, 0) is 22.7 Å². The molecule has 6 heteroatoms. The van der Waals surface area contributed by atoms with E-state index in [1.54, 1.807) is 33.3 Å². The van der Waals surface area contributed by atoms with Crippen LogP contribution in [0, 0.1) is 17.2 Å². The van der Waals surface area contributed by atoms with Gasteiger partial charge in [0.1, 0.15) is 5.82 Å². The Labute approximate surface area is 183 Å². The van der Waals surface area contributed by atoms with Crippen molar-refractivity contribution in [1.29, 1.82) is 0 Å². The number of halogens is 1. The van der Waals surface area contributed by atoms with Gasteiger partial charge in [-0.15, -0.1) is 11.3 Å². The van der Waals surface area contributed by atoms with E-state index in [9.17, 15) is 14.0 Å². The molecule has 2 amide bonds. The molecule has 0 bridgehead atoms. The second-order valence-electron chi connectivity index (χ2n) is 9.36. The van der Waals surface area contributed by atoms with Crippen LogP contribution < -0.4 is 0 Å². The molecule has 0 saturated carbocycles. The SMILES string of the molecule is CC(C)CN(CC(=O)N(Cc1ccc(F)cc1)Cc1cccs1)C(=O)CC(C)(C)C. The summed E-state index contributed by atoms with van der Waals surface area (Å²) in [5.41, 5.74) is 0.720. The van der Waals surface area contributed by atoms with Gasteiger partial charge in [0.2, 0.25) is 11.8 Å². The van der Waals surface area contributed by atoms with Crippen LogP contribution >= 0.6 is 11.3 Å². The van der Waals surface area contributed by atoms with Crippen molar-refractivity contribution in [3.8, 4) is 0 Å². The summed E-state index contributed by atoms with van der Waals surface area (Å²) in [4.78, 5) is 30.6. The van der Waals surface area contributed by atoms with E-state index in [1.807, 2.05) is 52.1 Å². The Kier molecular flexibility index (Phi) is 8.59. The van der Waals surface area contributed by atoms with Gasteiger partial charge in [0.15, 0.2) is 0 Å². The summed E-state index contributed by atoms with van der Waals surface area (Å²) in [6, 6.07) is 10.1. The predicted molar refractivity (Wildman–Crippen MR) is 120 cm³/mol. The molecule has 1 aromatic carbocycles. The van der Waals surface area contributed by atoms with Gasteiger partial charge in [-0.1, -0.05) is 52.8 Å². The highest BCUT2D eigenvalue weighted by Crippen LogP contribution is 2.21. The molecule has 2 rings (SSSR count). The molecule has 0 atom stereocenters. The van der Waals surface area contributed by atoms with Crippen molar-refractivity contribution in [3.05, 3.63) is 58.0 Å². The second kappa shape index (κ2) is 10.7. The van der Waals surface area contributed by atoms with E-state index in [2.05, 4.69) is 0 Å². The minimum Gasteiger partial charge on any atom is -0.333 e. The number of nitrogens with zero attached hydrogens (tertiary/aromatic N) is 2. The van der Waals surface area contributed by atoms with Crippen molar-refractivity contribution in [3.63, 3.8) is 0 Å². The van der Waals surface area contributed by atoms with Crippen LogP contribution in [-0.4, -0.2) is 34.7 Å². The van der Waals surface area contributed by atoms with Crippen LogP contribution in [0.15, 0.2) is 41.8 Å². The number of rotatable bonds is 9. The predicted octanol–water partition coefficient (Wildman–Crippen LogP) is 5.34. The van der Waals surface area contributed by atoms with Crippen molar-refractivity contribution in [2.24, 2.45) is 11.3 Å². The summed E-state index contributed by atoms with van der Waals surface area (Å²) in [6.45, 7) is 11.6. The average molecular weight is 433 g/mol. The highest BCUT2D eigenvalue weighted by molar-refractivity contribution is 7.09. The minimum absolute atomic E-state index is 0.00223. The van der Waals surface area contributed by atoms with Crippen LogP contribution in [0.4, 0.5) is 4.39 Å². The molecule has 1 heterocycles. The zero-order valence-corrected chi connectivity index (χ0v) is 19.5. The molecule has 0 aliphatic carbocycles. The lowest BCUT2D eigenvalue weighted by atomic mass is 9.91. The Hall–Kier alpha value is -2.21. The van der Waals surface area contributed by atoms with E-state index in [-0.39, 0.29) is 35.5 Å². The normalized spacial score (nSPS) is 11.6. The quantitative estimate of drug-likeness (QED) is 0.537. The molecule has 30 heavy (non-hydrogen) atoms. The number of thiophene rings is 1. The van der Waals surface area contributed by atoms with E-state index in [4.69, 9.17) is 0 Å². The lowest BCUT2D eigenvalue weighted by Crippen LogP contribution is -2.44. The second-order valence-corrected chi connectivity index (χ2v) is 10.4. The van der Waals surface area contributed by atoms with Crippen LogP contribution in [0.5, 0.6) is 0 Å². The van der Waals surface area contributed by atoms with Crippen molar-refractivity contribution >= 4 is 23.2 Å². The van der Waals surface area contributed by atoms with Gasteiger partial charge in [0, 0.05) is 24.4 Å². The minimum atomic E-state index is -0.300. The molecule has 0 aliphatic heterocycles. The molecule has 2 aromatic rings. The third-order valence-corrected chi connectivity index (χ3v) is 5.37. The standard InChI is InChI=1S/C24H33FN2O2S/c1-18(2)14-26(22(28)13-24(3,4)5)17-23(29)27(16-21-7-6-12-30-21)15-19-8-10-20(25)11-9-19/h6-12,18H,13-17H2,1-5H3. The van der Waals surface area contributed by atoms with Crippen molar-refractivity contribution < 1.29 is 14.0 Å². The van der Waals surface area contributed by atoms with E-state index >= 15 is 0 Å². The monoisotopic (exact) mass is 432 g/mol. The van der Waals surface area contributed by atoms with Gasteiger partial charge in [0.05, 0.1) is 13.1 Å². The van der Waals surface area contributed by atoms with E-state index in [1.165, 1.54) is 12.1 Å². The largest absolute Gasteiger partial charge is 0.333 e. The molecule has 164 valence electrons. The maximum absolute atomic E-state index is 13.3. The molecule has 0 unspecified atom stereocenters.